The molecule has 22 heavy (non-hydrogen) atoms. The largest absolute Gasteiger partial charge is 0.466 e. The summed E-state index contributed by atoms with van der Waals surface area (Å²) in [4.78, 5) is 11.6. The lowest BCUT2D eigenvalue weighted by atomic mass is 9.79. The molecule has 1 N–H and O–H groups in total. The molecule has 0 saturated carbocycles. The summed E-state index contributed by atoms with van der Waals surface area (Å²) in [5, 5.41) is 10.4. The molecule has 124 valence electrons. The van der Waals surface area contributed by atoms with Gasteiger partial charge >= 0.3 is 5.97 Å². The summed E-state index contributed by atoms with van der Waals surface area (Å²) in [6.45, 7) is 15.0. The van der Waals surface area contributed by atoms with Gasteiger partial charge in [-0.25, -0.2) is 0 Å². The summed E-state index contributed by atoms with van der Waals surface area (Å²) in [5.74, 6) is -0.367. The minimum Gasteiger partial charge on any atom is -0.466 e. The fourth-order valence-corrected chi connectivity index (χ4v) is 2.21. The zero-order chi connectivity index (χ0) is 17.1. The molecule has 0 radical (unpaired) electrons. The van der Waals surface area contributed by atoms with Crippen LogP contribution in [0.1, 0.15) is 77.7 Å². The Balaban J connectivity index is 3.21. The van der Waals surface area contributed by atoms with Crippen LogP contribution in [0.2, 0.25) is 0 Å². The van der Waals surface area contributed by atoms with Gasteiger partial charge in [-0.2, -0.15) is 0 Å². The van der Waals surface area contributed by atoms with Crippen LogP contribution in [0.5, 0.6) is 0 Å². The first-order chi connectivity index (χ1) is 9.95. The smallest absolute Gasteiger partial charge is 0.308 e. The number of benzene rings is 1. The minimum absolute atomic E-state index is 0.00891. The molecule has 0 amide bonds. The van der Waals surface area contributed by atoms with Crippen molar-refractivity contribution in [1.82, 2.24) is 0 Å². The first kappa shape index (κ1) is 18.7. The molecule has 3 heteroatoms. The molecule has 3 nitrogen and oxygen atoms in total. The molecule has 1 atom stereocenters. The van der Waals surface area contributed by atoms with Crippen LogP contribution < -0.4 is 0 Å². The highest BCUT2D eigenvalue weighted by Gasteiger charge is 2.23. The van der Waals surface area contributed by atoms with Crippen molar-refractivity contribution >= 4 is 5.97 Å². The van der Waals surface area contributed by atoms with Gasteiger partial charge in [-0.05, 0) is 34.4 Å². The van der Waals surface area contributed by atoms with Gasteiger partial charge in [-0.15, -0.1) is 0 Å². The van der Waals surface area contributed by atoms with Crippen LogP contribution in [0.15, 0.2) is 18.2 Å². The van der Waals surface area contributed by atoms with E-state index in [2.05, 4.69) is 47.6 Å². The third-order valence-electron chi connectivity index (χ3n) is 3.74. The van der Waals surface area contributed by atoms with Gasteiger partial charge in [0.25, 0.3) is 0 Å². The lowest BCUT2D eigenvalue weighted by Crippen LogP contribution is -2.18. The highest BCUT2D eigenvalue weighted by molar-refractivity contribution is 5.70. The predicted octanol–water partition coefficient (Wildman–Crippen LogP) is 4.27. The molecule has 1 aromatic carbocycles. The van der Waals surface area contributed by atoms with Crippen molar-refractivity contribution in [2.75, 3.05) is 6.61 Å². The number of carbonyl (C=O) groups excluding carboxylic acids is 1. The van der Waals surface area contributed by atoms with Crippen LogP contribution in [0.3, 0.4) is 0 Å². The van der Waals surface area contributed by atoms with E-state index >= 15 is 0 Å². The van der Waals surface area contributed by atoms with Crippen molar-refractivity contribution in [3.63, 3.8) is 0 Å². The first-order valence-corrected chi connectivity index (χ1v) is 7.94. The Hall–Kier alpha value is -1.35. The summed E-state index contributed by atoms with van der Waals surface area (Å²) in [6, 6.07) is 6.19. The van der Waals surface area contributed by atoms with E-state index in [0.717, 1.165) is 16.7 Å². The zero-order valence-corrected chi connectivity index (χ0v) is 15.0. The van der Waals surface area contributed by atoms with Crippen LogP contribution >= 0.6 is 0 Å². The molecule has 0 bridgehead atoms. The molecule has 0 aromatic heterocycles. The number of rotatable bonds is 4. The second-order valence-electron chi connectivity index (χ2n) is 7.87. The zero-order valence-electron chi connectivity index (χ0n) is 15.0. The van der Waals surface area contributed by atoms with E-state index < -0.39 is 6.10 Å². The molecule has 0 saturated heterocycles. The Morgan fingerprint density at radius 1 is 1.05 bits per heavy atom. The van der Waals surface area contributed by atoms with Crippen molar-refractivity contribution in [1.29, 1.82) is 0 Å². The summed E-state index contributed by atoms with van der Waals surface area (Å²) in [5.41, 5.74) is 3.08. The van der Waals surface area contributed by atoms with Gasteiger partial charge in [0.1, 0.15) is 0 Å². The molecule has 1 unspecified atom stereocenters. The van der Waals surface area contributed by atoms with Crippen molar-refractivity contribution in [3.8, 4) is 0 Å². The number of hydrogen-bond donors (Lipinski definition) is 1. The van der Waals surface area contributed by atoms with Crippen molar-refractivity contribution in [2.45, 2.75) is 71.8 Å². The molecule has 0 aliphatic carbocycles. The number of carbonyl (C=O) groups is 1. The highest BCUT2D eigenvalue weighted by atomic mass is 16.5. The topological polar surface area (TPSA) is 46.5 Å². The van der Waals surface area contributed by atoms with E-state index in [9.17, 15) is 9.90 Å². The molecular formula is C19H30O3. The van der Waals surface area contributed by atoms with E-state index in [4.69, 9.17) is 4.74 Å². The van der Waals surface area contributed by atoms with Crippen LogP contribution in [-0.2, 0) is 20.4 Å². The quantitative estimate of drug-likeness (QED) is 0.845. The van der Waals surface area contributed by atoms with Gasteiger partial charge in [-0.3, -0.25) is 4.79 Å². The third kappa shape index (κ3) is 5.13. The van der Waals surface area contributed by atoms with Gasteiger partial charge in [0.05, 0.1) is 19.1 Å². The number of hydrogen-bond acceptors (Lipinski definition) is 3. The molecule has 0 fully saturated rings. The monoisotopic (exact) mass is 306 g/mol. The average molecular weight is 306 g/mol. The summed E-state index contributed by atoms with van der Waals surface area (Å²) in [6.07, 6.45) is -0.840. The summed E-state index contributed by atoms with van der Waals surface area (Å²) in [7, 11) is 0. The lowest BCUT2D eigenvalue weighted by Gasteiger charge is -2.27. The number of aliphatic hydroxyl groups is 1. The van der Waals surface area contributed by atoms with Crippen molar-refractivity contribution in [3.05, 3.63) is 34.9 Å². The predicted molar refractivity (Wildman–Crippen MR) is 90.1 cm³/mol. The third-order valence-corrected chi connectivity index (χ3v) is 3.74. The van der Waals surface area contributed by atoms with E-state index in [1.54, 1.807) is 6.92 Å². The Morgan fingerprint density at radius 2 is 1.50 bits per heavy atom. The summed E-state index contributed by atoms with van der Waals surface area (Å²) >= 11 is 0. The maximum atomic E-state index is 11.6. The Labute approximate surface area is 134 Å². The van der Waals surface area contributed by atoms with Gasteiger partial charge in [0, 0.05) is 0 Å². The van der Waals surface area contributed by atoms with Gasteiger partial charge < -0.3 is 9.84 Å². The van der Waals surface area contributed by atoms with E-state index in [-0.39, 0.29) is 23.2 Å². The summed E-state index contributed by atoms with van der Waals surface area (Å²) < 4.78 is 4.93. The maximum Gasteiger partial charge on any atom is 0.308 e. The minimum atomic E-state index is -0.831. The van der Waals surface area contributed by atoms with E-state index in [1.807, 2.05) is 12.1 Å². The first-order valence-electron chi connectivity index (χ1n) is 7.94. The van der Waals surface area contributed by atoms with Crippen LogP contribution in [0.4, 0.5) is 0 Å². The van der Waals surface area contributed by atoms with Gasteiger partial charge in [0.15, 0.2) is 0 Å². The molecule has 0 aliphatic heterocycles. The van der Waals surface area contributed by atoms with E-state index in [1.165, 1.54) is 0 Å². The Morgan fingerprint density at radius 3 is 1.86 bits per heavy atom. The number of esters is 1. The van der Waals surface area contributed by atoms with Crippen LogP contribution in [0.25, 0.3) is 0 Å². The molecule has 1 rings (SSSR count). The van der Waals surface area contributed by atoms with Gasteiger partial charge in [-0.1, -0.05) is 59.7 Å². The Bertz CT molecular complexity index is 486. The standard InChI is InChI=1S/C19H30O3/c1-8-22-17(21)12-16(20)13-9-14(18(2,3)4)11-15(10-13)19(5,6)7/h9-11,16,20H,8,12H2,1-7H3. The molecule has 0 aliphatic rings. The Kier molecular flexibility index (Phi) is 5.80. The van der Waals surface area contributed by atoms with Crippen molar-refractivity contribution < 1.29 is 14.6 Å². The van der Waals surface area contributed by atoms with E-state index in [0.29, 0.717) is 6.61 Å². The average Bonchev–Trinajstić information content (AvgIpc) is 2.36. The number of aliphatic hydroxyl groups excluding tert-OH is 1. The molecule has 1 aromatic rings. The number of ether oxygens (including phenoxy) is 1. The normalized spacial score (nSPS) is 13.8. The molecule has 0 spiro atoms. The second-order valence-corrected chi connectivity index (χ2v) is 7.87. The highest BCUT2D eigenvalue weighted by Crippen LogP contribution is 2.32. The van der Waals surface area contributed by atoms with Crippen LogP contribution in [0, 0.1) is 0 Å². The van der Waals surface area contributed by atoms with Crippen LogP contribution in [-0.4, -0.2) is 17.7 Å². The fourth-order valence-electron chi connectivity index (χ4n) is 2.21. The SMILES string of the molecule is CCOC(=O)CC(O)c1cc(C(C)(C)C)cc(C(C)(C)C)c1. The molecule has 0 heterocycles. The fraction of sp³-hybridized carbons (Fsp3) is 0.632. The molecular weight excluding hydrogens is 276 g/mol. The lowest BCUT2D eigenvalue weighted by molar-refractivity contribution is -0.145. The second kappa shape index (κ2) is 6.82. The maximum absolute atomic E-state index is 11.6. The van der Waals surface area contributed by atoms with Gasteiger partial charge in [0.2, 0.25) is 0 Å². The van der Waals surface area contributed by atoms with Crippen molar-refractivity contribution in [2.24, 2.45) is 0 Å².